The van der Waals surface area contributed by atoms with Gasteiger partial charge < -0.3 is 27.1 Å². The van der Waals surface area contributed by atoms with Gasteiger partial charge in [0.05, 0.1) is 36.6 Å². The highest BCUT2D eigenvalue weighted by molar-refractivity contribution is 7.72. The summed E-state index contributed by atoms with van der Waals surface area (Å²) >= 11 is 0. The molecule has 0 spiro atoms. The highest BCUT2D eigenvalue weighted by Crippen LogP contribution is 2.57. The molecule has 0 bridgehead atoms. The number of rotatable bonds is 15. The predicted molar refractivity (Wildman–Crippen MR) is 139 cm³/mol. The van der Waals surface area contributed by atoms with Crippen LogP contribution in [0.5, 0.6) is 0 Å². The maximum Gasteiger partial charge on any atom is 0.383 e. The molecule has 0 aromatic carbocycles. The lowest BCUT2D eigenvalue weighted by atomic mass is 10.5. The van der Waals surface area contributed by atoms with Crippen LogP contribution in [0, 0.1) is 0 Å². The molecular weight excluding hydrogens is 531 g/mol. The zero-order valence-corrected chi connectivity index (χ0v) is 26.0. The van der Waals surface area contributed by atoms with Gasteiger partial charge in [0, 0.05) is 0 Å². The van der Waals surface area contributed by atoms with E-state index >= 15 is 0 Å². The zero-order chi connectivity index (χ0) is 28.1. The van der Waals surface area contributed by atoms with Gasteiger partial charge in [0.15, 0.2) is 10.9 Å². The lowest BCUT2D eigenvalue weighted by molar-refractivity contribution is 0.144. The van der Waals surface area contributed by atoms with Crippen molar-refractivity contribution >= 4 is 39.0 Å². The van der Waals surface area contributed by atoms with E-state index in [1.807, 2.05) is 0 Å². The van der Waals surface area contributed by atoms with Crippen LogP contribution in [0.15, 0.2) is 0 Å². The molecule has 1 heterocycles. The van der Waals surface area contributed by atoms with Gasteiger partial charge in [-0.3, -0.25) is 13.7 Å². The molecule has 0 amide bonds. The average molecular weight is 574 g/mol. The van der Waals surface area contributed by atoms with Crippen molar-refractivity contribution in [2.24, 2.45) is 0 Å². The van der Waals surface area contributed by atoms with Gasteiger partial charge in [0.1, 0.15) is 5.30 Å². The minimum atomic E-state index is -4.46. The highest BCUT2D eigenvalue weighted by atomic mass is 31.2. The Morgan fingerprint density at radius 3 is 0.889 bits per heavy atom. The Labute approximate surface area is 215 Å². The molecule has 12 nitrogen and oxygen atoms in total. The summed E-state index contributed by atoms with van der Waals surface area (Å²) in [5.74, 6) is 0. The van der Waals surface area contributed by atoms with Gasteiger partial charge in [-0.2, -0.15) is 0 Å². The predicted octanol–water partition coefficient (Wildman–Crippen LogP) is 4.88. The van der Waals surface area contributed by atoms with Crippen LogP contribution in [-0.2, 0) is 40.8 Å². The van der Waals surface area contributed by atoms with Crippen LogP contribution in [0.4, 0.5) is 0 Å². The van der Waals surface area contributed by atoms with E-state index in [1.165, 1.54) is 0 Å². The molecule has 1 rings (SSSR count). The van der Waals surface area contributed by atoms with Crippen LogP contribution in [0.3, 0.4) is 0 Å². The van der Waals surface area contributed by atoms with Crippen molar-refractivity contribution in [1.82, 2.24) is 15.4 Å². The van der Waals surface area contributed by atoms with Gasteiger partial charge >= 0.3 is 22.8 Å². The molecule has 0 aliphatic rings. The van der Waals surface area contributed by atoms with Crippen LogP contribution in [0.25, 0.3) is 0 Å². The summed E-state index contributed by atoms with van der Waals surface area (Å²) in [5.41, 5.74) is -0.973. The van der Waals surface area contributed by atoms with E-state index in [4.69, 9.17) is 27.1 Å². The van der Waals surface area contributed by atoms with Gasteiger partial charge in [-0.25, -0.2) is 0 Å². The van der Waals surface area contributed by atoms with Crippen molar-refractivity contribution in [2.45, 2.75) is 120 Å². The minimum absolute atomic E-state index is 0.464. The fourth-order valence-electron chi connectivity index (χ4n) is 2.96. The molecular formula is C21H42N3O9P3. The van der Waals surface area contributed by atoms with Gasteiger partial charge in [0.25, 0.3) is 0 Å². The number of hydrogen-bond acceptors (Lipinski definition) is 12. The largest absolute Gasteiger partial charge is 0.383 e. The second-order valence-electron chi connectivity index (χ2n) is 9.70. The van der Waals surface area contributed by atoms with Crippen molar-refractivity contribution in [1.29, 1.82) is 0 Å². The number of nitrogens with zero attached hydrogens (tertiary/aromatic N) is 3. The van der Waals surface area contributed by atoms with Crippen molar-refractivity contribution in [3.8, 4) is 0 Å². The third-order valence-corrected chi connectivity index (χ3v) is 10.8. The summed E-state index contributed by atoms with van der Waals surface area (Å²) < 4.78 is 77.4. The van der Waals surface area contributed by atoms with E-state index < -0.39 is 75.6 Å². The highest BCUT2D eigenvalue weighted by Gasteiger charge is 2.50. The first kappa shape index (κ1) is 33.5. The summed E-state index contributed by atoms with van der Waals surface area (Å²) in [5, 5.41) is 11.1. The smallest absolute Gasteiger partial charge is 0.302 e. The SMILES string of the molecule is CC(C)OP(=O)(OC(C)C)c1nnnc(P(=O)(OC(C)C)OC(C)C)c1P(=O)(OC(C)C)OC(C)C. The second kappa shape index (κ2) is 13.5. The van der Waals surface area contributed by atoms with Crippen molar-refractivity contribution in [2.75, 3.05) is 0 Å². The molecule has 0 radical (unpaired) electrons. The molecule has 0 saturated carbocycles. The van der Waals surface area contributed by atoms with Crippen molar-refractivity contribution in [3.05, 3.63) is 0 Å². The molecule has 15 heteroatoms. The van der Waals surface area contributed by atoms with E-state index in [0.717, 1.165) is 0 Å². The number of aromatic nitrogens is 3. The molecule has 0 aliphatic carbocycles. The Morgan fingerprint density at radius 2 is 0.667 bits per heavy atom. The Hall–Kier alpha value is -0.540. The third kappa shape index (κ3) is 9.33. The topological polar surface area (TPSA) is 145 Å². The molecule has 0 atom stereocenters. The molecule has 1 aromatic heterocycles. The van der Waals surface area contributed by atoms with Crippen molar-refractivity contribution < 1.29 is 40.8 Å². The molecule has 0 unspecified atom stereocenters. The van der Waals surface area contributed by atoms with Gasteiger partial charge in [0.2, 0.25) is 0 Å². The molecule has 0 fully saturated rings. The van der Waals surface area contributed by atoms with Gasteiger partial charge in [-0.1, -0.05) is 0 Å². The Balaban J connectivity index is 4.27. The maximum absolute atomic E-state index is 14.5. The Bertz CT molecular complexity index is 902. The van der Waals surface area contributed by atoms with E-state index in [1.54, 1.807) is 83.1 Å². The molecule has 0 aliphatic heterocycles. The van der Waals surface area contributed by atoms with E-state index in [-0.39, 0.29) is 0 Å². The van der Waals surface area contributed by atoms with Crippen LogP contribution in [-0.4, -0.2) is 52.0 Å². The summed E-state index contributed by atoms with van der Waals surface area (Å²) in [6.07, 6.45) is -3.64. The zero-order valence-electron chi connectivity index (χ0n) is 23.3. The fraction of sp³-hybridized carbons (Fsp3) is 0.857. The van der Waals surface area contributed by atoms with Crippen LogP contribution in [0.1, 0.15) is 83.1 Å². The average Bonchev–Trinajstić information content (AvgIpc) is 2.63. The van der Waals surface area contributed by atoms with Gasteiger partial charge in [-0.15, -0.1) is 10.2 Å². The van der Waals surface area contributed by atoms with Crippen molar-refractivity contribution in [3.63, 3.8) is 0 Å². The summed E-state index contributed by atoms with van der Waals surface area (Å²) in [4.78, 5) is 0. The number of hydrogen-bond donors (Lipinski definition) is 0. The van der Waals surface area contributed by atoms with Crippen LogP contribution in [0.2, 0.25) is 0 Å². The van der Waals surface area contributed by atoms with Gasteiger partial charge in [-0.05, 0) is 88.3 Å². The summed E-state index contributed by atoms with van der Waals surface area (Å²) in [6, 6.07) is 0. The first-order valence-corrected chi connectivity index (χ1v) is 16.6. The second-order valence-corrected chi connectivity index (χ2v) is 15.2. The summed E-state index contributed by atoms with van der Waals surface area (Å²) in [6.45, 7) is 19.7. The lowest BCUT2D eigenvalue weighted by Gasteiger charge is -2.30. The van der Waals surface area contributed by atoms with E-state index in [2.05, 4.69) is 15.4 Å². The van der Waals surface area contributed by atoms with Crippen LogP contribution < -0.4 is 16.2 Å². The molecule has 0 N–H and O–H groups in total. The fourth-order valence-corrected chi connectivity index (χ4v) is 10.2. The quantitative estimate of drug-likeness (QED) is 0.264. The normalized spacial score (nSPS) is 13.8. The lowest BCUT2D eigenvalue weighted by Crippen LogP contribution is -2.46. The molecule has 210 valence electrons. The first-order chi connectivity index (χ1) is 16.3. The molecule has 0 saturated heterocycles. The monoisotopic (exact) mass is 573 g/mol. The summed E-state index contributed by atoms with van der Waals surface area (Å²) in [7, 11) is -13.2. The Morgan fingerprint density at radius 1 is 0.444 bits per heavy atom. The van der Waals surface area contributed by atoms with E-state index in [0.29, 0.717) is 0 Å². The standard InChI is InChI=1S/C21H42N3O9P3/c1-13(2)28-34(25,29-14(3)4)19-20(35(26,30-15(5)6)31-16(7)8)22-24-23-21(19)36(27,32-17(9)10)33-18(11)12/h13-18H,1-12H3. The first-order valence-electron chi connectivity index (χ1n) is 12.0. The molecule has 36 heavy (non-hydrogen) atoms. The maximum atomic E-state index is 14.5. The Kier molecular flexibility index (Phi) is 12.6. The van der Waals surface area contributed by atoms with Crippen LogP contribution >= 0.6 is 22.8 Å². The van der Waals surface area contributed by atoms with E-state index in [9.17, 15) is 13.7 Å². The molecule has 1 aromatic rings. The minimum Gasteiger partial charge on any atom is -0.302 e. The third-order valence-electron chi connectivity index (χ3n) is 3.59.